The van der Waals surface area contributed by atoms with Gasteiger partial charge in [-0.15, -0.1) is 0 Å². The summed E-state index contributed by atoms with van der Waals surface area (Å²) in [5.74, 6) is -3.14. The smallest absolute Gasteiger partial charge is 0.217 e. The van der Waals surface area contributed by atoms with E-state index in [9.17, 15) is 101 Å². The molecule has 0 saturated carbocycles. The van der Waals surface area contributed by atoms with E-state index in [-0.39, 0.29) is 0 Å². The van der Waals surface area contributed by atoms with Crippen molar-refractivity contribution in [3.05, 3.63) is 0 Å². The third-order valence-electron chi connectivity index (χ3n) is 14.0. The van der Waals surface area contributed by atoms with E-state index in [0.29, 0.717) is 0 Å². The summed E-state index contributed by atoms with van der Waals surface area (Å²) >= 11 is 0. The summed E-state index contributed by atoms with van der Waals surface area (Å²) in [6, 6.07) is -6.61. The summed E-state index contributed by atoms with van der Waals surface area (Å²) in [7, 11) is 0. The van der Waals surface area contributed by atoms with Crippen LogP contribution in [-0.2, 0) is 71.3 Å². The molecule has 0 aliphatic carbocycles. The number of hydrogen-bond donors (Lipinski definition) is 20. The van der Waals surface area contributed by atoms with Gasteiger partial charge in [0.15, 0.2) is 37.7 Å². The molecule has 30 atom stereocenters. The minimum Gasteiger partial charge on any atom is -0.394 e. The quantitative estimate of drug-likeness (QED) is 0.0538. The fraction of sp³-hybridized carbons (Fsp3) is 0.909. The van der Waals surface area contributed by atoms with E-state index in [1.54, 1.807) is 0 Å². The van der Waals surface area contributed by atoms with Crippen molar-refractivity contribution >= 4 is 23.6 Å². The Kier molecular flexibility index (Phi) is 23.3. The predicted molar refractivity (Wildman–Crippen MR) is 246 cm³/mol. The number of amides is 4. The number of ether oxygens (including phenoxy) is 11. The van der Waals surface area contributed by atoms with Crippen molar-refractivity contribution in [1.82, 2.24) is 21.3 Å². The molecular weight excluding hydrogens is 1080 g/mol. The molecule has 6 heterocycles. The third-order valence-corrected chi connectivity index (χ3v) is 14.0. The van der Waals surface area contributed by atoms with Crippen LogP contribution in [0.25, 0.3) is 0 Å². The van der Waals surface area contributed by atoms with Gasteiger partial charge in [0.25, 0.3) is 0 Å². The average Bonchev–Trinajstić information content (AvgIpc) is 3.50. The highest BCUT2D eigenvalue weighted by Gasteiger charge is 2.58. The molecule has 35 nitrogen and oxygen atoms in total. The van der Waals surface area contributed by atoms with Gasteiger partial charge in [-0.2, -0.15) is 0 Å². The molecule has 0 aromatic carbocycles. The molecular formula is C44H74N4O31. The van der Waals surface area contributed by atoms with Gasteiger partial charge in [0.05, 0.1) is 39.6 Å². The first kappa shape index (κ1) is 65.0. The van der Waals surface area contributed by atoms with Gasteiger partial charge >= 0.3 is 0 Å². The van der Waals surface area contributed by atoms with Crippen molar-refractivity contribution < 1.29 is 153 Å². The molecule has 6 aliphatic rings. The van der Waals surface area contributed by atoms with Crippen LogP contribution in [0.3, 0.4) is 0 Å². The minimum absolute atomic E-state index is 0.737. The van der Waals surface area contributed by atoms with Gasteiger partial charge in [0, 0.05) is 27.7 Å². The molecule has 0 bridgehead atoms. The van der Waals surface area contributed by atoms with Gasteiger partial charge in [0.1, 0.15) is 146 Å². The normalized spacial score (nSPS) is 46.7. The molecule has 6 rings (SSSR count). The molecule has 1 unspecified atom stereocenters. The molecule has 20 N–H and O–H groups in total. The Hall–Kier alpha value is -3.20. The maximum Gasteiger partial charge on any atom is 0.217 e. The Morgan fingerprint density at radius 3 is 1.06 bits per heavy atom. The monoisotopic (exact) mass is 1150 g/mol. The molecule has 0 aromatic rings. The van der Waals surface area contributed by atoms with Crippen LogP contribution < -0.4 is 21.3 Å². The number of aliphatic hydroxyl groups is 16. The maximum atomic E-state index is 12.8. The van der Waals surface area contributed by atoms with Crippen LogP contribution in [0.1, 0.15) is 27.7 Å². The average molecular weight is 1160 g/mol. The van der Waals surface area contributed by atoms with Gasteiger partial charge in [0.2, 0.25) is 23.6 Å². The molecule has 0 aromatic heterocycles. The zero-order valence-electron chi connectivity index (χ0n) is 42.8. The lowest BCUT2D eigenvalue weighted by atomic mass is 9.94. The Labute approximate surface area is 448 Å². The Bertz CT molecular complexity index is 1990. The van der Waals surface area contributed by atoms with Crippen LogP contribution in [0.2, 0.25) is 0 Å². The summed E-state index contributed by atoms with van der Waals surface area (Å²) in [6.45, 7) is -1.55. The zero-order chi connectivity index (χ0) is 58.5. The first-order valence-corrected chi connectivity index (χ1v) is 25.1. The first-order chi connectivity index (χ1) is 37.3. The fourth-order valence-electron chi connectivity index (χ4n) is 10.0. The lowest BCUT2D eigenvalue weighted by molar-refractivity contribution is -0.384. The highest BCUT2D eigenvalue weighted by molar-refractivity contribution is 5.74. The van der Waals surface area contributed by atoms with Crippen LogP contribution in [0.15, 0.2) is 0 Å². The molecule has 6 aliphatic heterocycles. The number of rotatable bonds is 20. The highest BCUT2D eigenvalue weighted by Crippen LogP contribution is 2.36. The number of hydrogen-bond acceptors (Lipinski definition) is 31. The lowest BCUT2D eigenvalue weighted by Gasteiger charge is -2.50. The van der Waals surface area contributed by atoms with E-state index < -0.39 is 247 Å². The van der Waals surface area contributed by atoms with Crippen LogP contribution in [0.4, 0.5) is 0 Å². The van der Waals surface area contributed by atoms with E-state index in [1.165, 1.54) is 0 Å². The Morgan fingerprint density at radius 2 is 0.633 bits per heavy atom. The molecule has 0 radical (unpaired) electrons. The van der Waals surface area contributed by atoms with Crippen LogP contribution in [0.5, 0.6) is 0 Å². The van der Waals surface area contributed by atoms with E-state index in [1.807, 2.05) is 0 Å². The zero-order valence-corrected chi connectivity index (χ0v) is 42.8. The van der Waals surface area contributed by atoms with Gasteiger partial charge in [-0.3, -0.25) is 19.2 Å². The molecule has 456 valence electrons. The molecule has 4 amide bonds. The van der Waals surface area contributed by atoms with Gasteiger partial charge in [-0.1, -0.05) is 0 Å². The van der Waals surface area contributed by atoms with Crippen molar-refractivity contribution in [1.29, 1.82) is 0 Å². The van der Waals surface area contributed by atoms with Crippen molar-refractivity contribution in [2.24, 2.45) is 0 Å². The largest absolute Gasteiger partial charge is 0.394 e. The Balaban J connectivity index is 1.29. The van der Waals surface area contributed by atoms with E-state index in [2.05, 4.69) is 21.3 Å². The standard InChI is InChI=1S/C44H74N4O31/c1-11(54)45-21-31(64)35(18(8-52)70-39(21)68)76-44-34(67)38(28(61)20(75-44)10-69-40-22(46-12(2)55)29(62)25(58)15(5-49)71-40)79-42-24(48-14(4)57)32(65)36(19(9-53)74-42)77-43-33(66)37(27(60)17(7-51)73-43)78-41-23(47-13(3)56)30(63)26(59)16(6-50)72-41/h15-44,49-53,58-68H,5-10H2,1-4H3,(H,45,54)(H,46,55)(H,47,56)(H,48,57)/t15-,16-,17-,18-,19-,20-,21-,22-,23-,24-,25-,26-,27+,28+,29-,30-,31-,32-,33-,34-,35-,36-,37-,38+,39?,40-,41+,42+,43+,44+/m1/s1. The summed E-state index contributed by atoms with van der Waals surface area (Å²) in [6.07, 6.45) is -49.2. The number of carbonyl (C=O) groups is 4. The lowest BCUT2D eigenvalue weighted by Crippen LogP contribution is -2.70. The summed E-state index contributed by atoms with van der Waals surface area (Å²) in [5, 5.41) is 184. The maximum absolute atomic E-state index is 12.8. The molecule has 6 fully saturated rings. The Morgan fingerprint density at radius 1 is 0.329 bits per heavy atom. The second-order valence-corrected chi connectivity index (χ2v) is 19.7. The van der Waals surface area contributed by atoms with E-state index >= 15 is 0 Å². The summed E-state index contributed by atoms with van der Waals surface area (Å²) < 4.78 is 63.9. The number of aliphatic hydroxyl groups excluding tert-OH is 16. The van der Waals surface area contributed by atoms with Crippen molar-refractivity contribution in [2.45, 2.75) is 212 Å². The summed E-state index contributed by atoms with van der Waals surface area (Å²) in [5.41, 5.74) is 0. The number of carbonyl (C=O) groups excluding carboxylic acids is 4. The third kappa shape index (κ3) is 14.8. The number of nitrogens with one attached hydrogen (secondary N) is 4. The second-order valence-electron chi connectivity index (χ2n) is 19.7. The second kappa shape index (κ2) is 28.4. The van der Waals surface area contributed by atoms with Crippen LogP contribution in [-0.4, -0.2) is 329 Å². The first-order valence-electron chi connectivity index (χ1n) is 25.1. The molecule has 6 saturated heterocycles. The predicted octanol–water partition coefficient (Wildman–Crippen LogP) is -13.5. The van der Waals surface area contributed by atoms with Gasteiger partial charge in [-0.05, 0) is 0 Å². The molecule has 35 heteroatoms. The minimum atomic E-state index is -2.27. The highest BCUT2D eigenvalue weighted by atomic mass is 16.8. The van der Waals surface area contributed by atoms with Gasteiger partial charge < -0.3 is 155 Å². The topological polar surface area (TPSA) is 542 Å². The molecule has 79 heavy (non-hydrogen) atoms. The van der Waals surface area contributed by atoms with Crippen molar-refractivity contribution in [3.8, 4) is 0 Å². The molecule has 0 spiro atoms. The van der Waals surface area contributed by atoms with Crippen LogP contribution in [0, 0.1) is 0 Å². The van der Waals surface area contributed by atoms with Crippen molar-refractivity contribution in [2.75, 3.05) is 39.6 Å². The van der Waals surface area contributed by atoms with Crippen LogP contribution >= 0.6 is 0 Å². The fourth-order valence-corrected chi connectivity index (χ4v) is 10.0. The van der Waals surface area contributed by atoms with E-state index in [0.717, 1.165) is 27.7 Å². The van der Waals surface area contributed by atoms with E-state index in [4.69, 9.17) is 52.1 Å². The van der Waals surface area contributed by atoms with Gasteiger partial charge in [-0.25, -0.2) is 0 Å². The SMILES string of the molecule is CC(=O)N[C@H]1[C@H](O[C@H]2[C@@H](O)[C@@H](CO[C@@H]3O[C@H](CO)[C@@H](O)[C@H](O)[C@H]3NC(C)=O)O[C@@H](O[C@H]3[C@H](O)[C@@H](NC(C)=O)C(O)O[C@@H]3CO)[C@@H]2O)O[C@H](CO)[C@@H](O[C@@H]2O[C@H](CO)[C@H](O)[C@@H](O[C@@H]3O[C@H](CO)[C@@H](O)[C@H](O)[C@H]3NC(C)=O)[C@H]2O)[C@@H]1O. The van der Waals surface area contributed by atoms with Crippen molar-refractivity contribution in [3.63, 3.8) is 0 Å². The summed E-state index contributed by atoms with van der Waals surface area (Å²) in [4.78, 5) is 49.1.